The van der Waals surface area contributed by atoms with Crippen LogP contribution >= 0.6 is 0 Å². The molecule has 0 aliphatic rings. The molecule has 0 aliphatic carbocycles. The molecule has 9 heteroatoms. The quantitative estimate of drug-likeness (QED) is 0.0195. The number of ether oxygens (including phenoxy) is 4. The van der Waals surface area contributed by atoms with Crippen molar-refractivity contribution in [2.24, 2.45) is 0 Å². The van der Waals surface area contributed by atoms with Gasteiger partial charge < -0.3 is 33.3 Å². The SMILES string of the molecule is CC/C=C\C/C=C\C/C=C\C/C=C\C/C=C\C/C=C\C/C=C\C/C=C\CCCCCCCCCCCCCCCCCCC(=O)OC(COC(=O)CCCCCCCCCCCCCCCCCCCCCCCCCCCCCCCC)COC(OCC[N+](C)(C)C)C(=O)[O-]. The highest BCUT2D eigenvalue weighted by atomic mass is 16.7. The van der Waals surface area contributed by atoms with E-state index in [1.165, 1.54) is 263 Å². The summed E-state index contributed by atoms with van der Waals surface area (Å²) in [6, 6.07) is 0. The van der Waals surface area contributed by atoms with Gasteiger partial charge in [0.1, 0.15) is 13.2 Å². The predicted molar refractivity (Wildman–Crippen MR) is 412 cm³/mol. The standard InChI is InChI=1S/C87H155NO8/c1-6-8-10-12-14-16-18-20-22-24-26-28-30-32-34-36-38-39-40-41-42-43-44-45-46-47-48-50-52-54-56-58-60-62-64-66-68-70-72-74-76-78-85(90)96-83(82-95-87(86(91)92)93-80-79-88(3,4)5)81-94-84(89)77-75-73-71-69-67-65-63-61-59-57-55-53-51-49-37-35-33-31-29-27-25-23-21-19-17-15-13-11-9-7-2/h8,10,14,16,20,22,26,28,32,34,38-39,41-42,44-45,83,87H,6-7,9,11-13,15,17-19,21,23-25,27,29-31,33,35-37,40,43,46-82H2,1-5H3/b10-8-,16-14-,22-20-,28-26-,34-32-,39-38-,42-41-,45-44-. The van der Waals surface area contributed by atoms with Crippen LogP contribution in [0.15, 0.2) is 97.2 Å². The van der Waals surface area contributed by atoms with E-state index >= 15 is 0 Å². The van der Waals surface area contributed by atoms with Gasteiger partial charge in [-0.1, -0.05) is 387 Å². The first kappa shape index (κ1) is 92.2. The number of likely N-dealkylation sites (N-methyl/N-ethyl adjacent to an activating group) is 1. The van der Waals surface area contributed by atoms with Crippen LogP contribution in [0.25, 0.3) is 0 Å². The highest BCUT2D eigenvalue weighted by molar-refractivity contribution is 5.70. The van der Waals surface area contributed by atoms with E-state index in [-0.39, 0.29) is 32.2 Å². The topological polar surface area (TPSA) is 111 Å². The summed E-state index contributed by atoms with van der Waals surface area (Å²) in [5.41, 5.74) is 0. The summed E-state index contributed by atoms with van der Waals surface area (Å²) in [7, 11) is 5.95. The highest BCUT2D eigenvalue weighted by Crippen LogP contribution is 2.19. The summed E-state index contributed by atoms with van der Waals surface area (Å²) in [5, 5.41) is 11.9. The molecule has 0 rings (SSSR count). The van der Waals surface area contributed by atoms with Crippen molar-refractivity contribution >= 4 is 17.9 Å². The molecule has 0 aromatic carbocycles. The molecule has 0 heterocycles. The fourth-order valence-corrected chi connectivity index (χ4v) is 11.9. The van der Waals surface area contributed by atoms with Crippen molar-refractivity contribution in [2.45, 2.75) is 392 Å². The first-order chi connectivity index (χ1) is 47.1. The van der Waals surface area contributed by atoms with E-state index in [1.54, 1.807) is 0 Å². The Morgan fingerprint density at radius 3 is 0.885 bits per heavy atom. The van der Waals surface area contributed by atoms with Crippen molar-refractivity contribution in [3.05, 3.63) is 97.2 Å². The maximum Gasteiger partial charge on any atom is 0.306 e. The molecule has 9 nitrogen and oxygen atoms in total. The van der Waals surface area contributed by atoms with Crippen LogP contribution in [-0.2, 0) is 33.3 Å². The molecule has 0 bridgehead atoms. The number of rotatable bonds is 76. The van der Waals surface area contributed by atoms with E-state index in [0.717, 1.165) is 83.5 Å². The lowest BCUT2D eigenvalue weighted by Gasteiger charge is -2.26. The summed E-state index contributed by atoms with van der Waals surface area (Å²) >= 11 is 0. The zero-order chi connectivity index (χ0) is 69.7. The maximum atomic E-state index is 13.0. The van der Waals surface area contributed by atoms with Gasteiger partial charge in [-0.2, -0.15) is 0 Å². The fraction of sp³-hybridized carbons (Fsp3) is 0.782. The first-order valence-electron chi connectivity index (χ1n) is 40.9. The number of quaternary nitrogens is 1. The number of carboxylic acid groups (broad SMARTS) is 1. The highest BCUT2D eigenvalue weighted by Gasteiger charge is 2.22. The summed E-state index contributed by atoms with van der Waals surface area (Å²) in [6.45, 7) is 4.69. The smallest absolute Gasteiger partial charge is 0.306 e. The molecular weight excluding hydrogens is 1190 g/mol. The van der Waals surface area contributed by atoms with Crippen LogP contribution in [0, 0.1) is 0 Å². The normalized spacial score (nSPS) is 13.1. The Labute approximate surface area is 594 Å². The second kappa shape index (κ2) is 77.0. The minimum Gasteiger partial charge on any atom is -0.545 e. The number of esters is 2. The molecule has 96 heavy (non-hydrogen) atoms. The molecule has 0 fully saturated rings. The van der Waals surface area contributed by atoms with E-state index in [2.05, 4.69) is 111 Å². The Kier molecular flexibility index (Phi) is 73.9. The second-order valence-electron chi connectivity index (χ2n) is 28.7. The average Bonchev–Trinajstić information content (AvgIpc) is 2.59. The third-order valence-electron chi connectivity index (χ3n) is 18.1. The molecule has 0 aromatic rings. The number of hydrogen-bond donors (Lipinski definition) is 0. The minimum absolute atomic E-state index is 0.148. The van der Waals surface area contributed by atoms with E-state index in [0.29, 0.717) is 23.9 Å². The number of nitrogens with zero attached hydrogens (tertiary/aromatic N) is 1. The molecule has 556 valence electrons. The molecule has 0 saturated carbocycles. The number of carbonyl (C=O) groups is 3. The van der Waals surface area contributed by atoms with E-state index in [1.807, 2.05) is 21.1 Å². The number of carboxylic acids is 1. The van der Waals surface area contributed by atoms with Gasteiger partial charge in [0, 0.05) is 12.8 Å². The van der Waals surface area contributed by atoms with Gasteiger partial charge in [0.15, 0.2) is 12.4 Å². The van der Waals surface area contributed by atoms with Crippen molar-refractivity contribution in [3.63, 3.8) is 0 Å². The van der Waals surface area contributed by atoms with Gasteiger partial charge >= 0.3 is 11.9 Å². The van der Waals surface area contributed by atoms with Gasteiger partial charge in [-0.25, -0.2) is 0 Å². The Morgan fingerprint density at radius 1 is 0.323 bits per heavy atom. The maximum absolute atomic E-state index is 13.0. The molecule has 2 atom stereocenters. The monoisotopic (exact) mass is 1340 g/mol. The fourth-order valence-electron chi connectivity index (χ4n) is 11.9. The van der Waals surface area contributed by atoms with Gasteiger partial charge in [-0.15, -0.1) is 0 Å². The number of hydrogen-bond acceptors (Lipinski definition) is 8. The summed E-state index contributed by atoms with van der Waals surface area (Å²) in [6.07, 6.45) is 104. The van der Waals surface area contributed by atoms with E-state index in [9.17, 15) is 19.5 Å². The lowest BCUT2D eigenvalue weighted by atomic mass is 10.0. The Balaban J connectivity index is 4.00. The predicted octanol–water partition coefficient (Wildman–Crippen LogP) is 25.0. The number of aliphatic carboxylic acids is 1. The zero-order valence-corrected chi connectivity index (χ0v) is 63.7. The molecule has 0 saturated heterocycles. The summed E-state index contributed by atoms with van der Waals surface area (Å²) < 4.78 is 22.9. The summed E-state index contributed by atoms with van der Waals surface area (Å²) in [5.74, 6) is -2.26. The van der Waals surface area contributed by atoms with Crippen LogP contribution in [0.2, 0.25) is 0 Å². The van der Waals surface area contributed by atoms with Crippen LogP contribution in [0.3, 0.4) is 0 Å². The van der Waals surface area contributed by atoms with Gasteiger partial charge in [0.2, 0.25) is 0 Å². The third-order valence-corrected chi connectivity index (χ3v) is 18.1. The second-order valence-corrected chi connectivity index (χ2v) is 28.7. The molecule has 0 N–H and O–H groups in total. The van der Waals surface area contributed by atoms with Gasteiger partial charge in [-0.3, -0.25) is 9.59 Å². The van der Waals surface area contributed by atoms with Gasteiger partial charge in [0.25, 0.3) is 0 Å². The van der Waals surface area contributed by atoms with Crippen molar-refractivity contribution in [1.82, 2.24) is 0 Å². The van der Waals surface area contributed by atoms with Crippen molar-refractivity contribution in [1.29, 1.82) is 0 Å². The van der Waals surface area contributed by atoms with Gasteiger partial charge in [0.05, 0.1) is 40.3 Å². The van der Waals surface area contributed by atoms with Crippen molar-refractivity contribution in [2.75, 3.05) is 47.5 Å². The molecule has 2 unspecified atom stereocenters. The first-order valence-corrected chi connectivity index (χ1v) is 40.9. The van der Waals surface area contributed by atoms with Crippen LogP contribution < -0.4 is 5.11 Å². The Bertz CT molecular complexity index is 1900. The van der Waals surface area contributed by atoms with Crippen LogP contribution in [0.4, 0.5) is 0 Å². The number of carbonyl (C=O) groups excluding carboxylic acids is 3. The molecular formula is C87H155NO8. The average molecular weight is 1340 g/mol. The van der Waals surface area contributed by atoms with Crippen molar-refractivity contribution in [3.8, 4) is 0 Å². The lowest BCUT2D eigenvalue weighted by Crippen LogP contribution is -2.44. The molecule has 0 aliphatic heterocycles. The van der Waals surface area contributed by atoms with Crippen LogP contribution in [0.5, 0.6) is 0 Å². The van der Waals surface area contributed by atoms with E-state index < -0.39 is 24.3 Å². The van der Waals surface area contributed by atoms with Crippen LogP contribution in [0.1, 0.15) is 380 Å². The molecule has 0 aromatic heterocycles. The number of unbranched alkanes of at least 4 members (excludes halogenated alkanes) is 45. The van der Waals surface area contributed by atoms with Crippen molar-refractivity contribution < 1.29 is 42.9 Å². The van der Waals surface area contributed by atoms with Gasteiger partial charge in [-0.05, 0) is 77.0 Å². The van der Waals surface area contributed by atoms with Crippen LogP contribution in [-0.4, -0.2) is 82.3 Å². The largest absolute Gasteiger partial charge is 0.545 e. The zero-order valence-electron chi connectivity index (χ0n) is 63.7. The van der Waals surface area contributed by atoms with E-state index in [4.69, 9.17) is 18.9 Å². The Morgan fingerprint density at radius 2 is 0.594 bits per heavy atom. The molecule has 0 spiro atoms. The molecule has 0 radical (unpaired) electrons. The summed E-state index contributed by atoms with van der Waals surface area (Å²) in [4.78, 5) is 37.6. The third kappa shape index (κ3) is 77.6. The minimum atomic E-state index is -1.62. The lowest BCUT2D eigenvalue weighted by molar-refractivity contribution is -0.870. The number of allylic oxidation sites excluding steroid dienone is 16. The Hall–Kier alpha value is -3.79. The molecule has 0 amide bonds.